The first-order valence-electron chi connectivity index (χ1n) is 10.2. The lowest BCUT2D eigenvalue weighted by atomic mass is 9.94. The number of aryl methyl sites for hydroxylation is 1. The minimum Gasteiger partial charge on any atom is -0.309 e. The van der Waals surface area contributed by atoms with Crippen molar-refractivity contribution in [2.75, 3.05) is 0 Å². The van der Waals surface area contributed by atoms with Crippen molar-refractivity contribution in [2.45, 2.75) is 26.2 Å². The molecule has 2 heterocycles. The molecule has 1 unspecified atom stereocenters. The van der Waals surface area contributed by atoms with Gasteiger partial charge in [-0.05, 0) is 35.2 Å². The highest BCUT2D eigenvalue weighted by atomic mass is 16.1. The van der Waals surface area contributed by atoms with Crippen LogP contribution in [0.3, 0.4) is 0 Å². The highest BCUT2D eigenvalue weighted by Gasteiger charge is 2.33. The molecule has 29 heavy (non-hydrogen) atoms. The van der Waals surface area contributed by atoms with E-state index in [1.807, 2.05) is 24.3 Å². The molecule has 2 nitrogen and oxygen atoms in total. The van der Waals surface area contributed by atoms with Crippen LogP contribution >= 0.6 is 0 Å². The van der Waals surface area contributed by atoms with Gasteiger partial charge in [0, 0.05) is 28.4 Å². The summed E-state index contributed by atoms with van der Waals surface area (Å²) in [5.41, 5.74) is 8.59. The minimum absolute atomic E-state index is 0.0694. The van der Waals surface area contributed by atoms with Gasteiger partial charge in [-0.25, -0.2) is 0 Å². The third-order valence-electron chi connectivity index (χ3n) is 6.03. The molecule has 0 amide bonds. The van der Waals surface area contributed by atoms with Gasteiger partial charge in [-0.15, -0.1) is 0 Å². The van der Waals surface area contributed by atoms with Crippen molar-refractivity contribution in [3.05, 3.63) is 113 Å². The van der Waals surface area contributed by atoms with Crippen LogP contribution in [0.25, 0.3) is 16.8 Å². The number of carbonyl (C=O) groups is 1. The highest BCUT2D eigenvalue weighted by molar-refractivity contribution is 6.09. The molecule has 142 valence electrons. The van der Waals surface area contributed by atoms with E-state index < -0.39 is 0 Å². The maximum absolute atomic E-state index is 13.5. The largest absolute Gasteiger partial charge is 0.309 e. The van der Waals surface area contributed by atoms with Gasteiger partial charge in [-0.1, -0.05) is 86.6 Å². The first-order valence-corrected chi connectivity index (χ1v) is 10.2. The number of benzene rings is 3. The number of hydrogen-bond donors (Lipinski definition) is 0. The Morgan fingerprint density at radius 3 is 2.31 bits per heavy atom. The summed E-state index contributed by atoms with van der Waals surface area (Å²) in [6.07, 6.45) is 0.970. The zero-order valence-corrected chi connectivity index (χ0v) is 16.7. The Balaban J connectivity index is 1.73. The lowest BCUT2D eigenvalue weighted by Gasteiger charge is -2.08. The molecule has 1 atom stereocenters. The quantitative estimate of drug-likeness (QED) is 0.377. The van der Waals surface area contributed by atoms with Gasteiger partial charge in [0.1, 0.15) is 0 Å². The Labute approximate surface area is 171 Å². The van der Waals surface area contributed by atoms with Crippen molar-refractivity contribution in [3.8, 4) is 16.8 Å². The maximum atomic E-state index is 13.5. The molecule has 1 aliphatic heterocycles. The summed E-state index contributed by atoms with van der Waals surface area (Å²) in [4.78, 5) is 13.5. The average molecular weight is 377 g/mol. The molecule has 0 bridgehead atoms. The van der Waals surface area contributed by atoms with Crippen molar-refractivity contribution in [1.82, 2.24) is 4.57 Å². The monoisotopic (exact) mass is 377 g/mol. The van der Waals surface area contributed by atoms with E-state index in [0.717, 1.165) is 34.5 Å². The fourth-order valence-corrected chi connectivity index (χ4v) is 4.47. The van der Waals surface area contributed by atoms with Crippen LogP contribution in [0.4, 0.5) is 0 Å². The smallest absolute Gasteiger partial charge is 0.209 e. The minimum atomic E-state index is 0.0694. The molecule has 0 fully saturated rings. The lowest BCUT2D eigenvalue weighted by molar-refractivity contribution is 0.103. The standard InChI is InChI=1S/C27H23NO/c1-3-19-13-15-21(16-14-19)27(29)25-17-23(20-9-5-4-6-10-20)26-18(2)22-11-7-8-12-24(22)28(25)26/h4-18H,3H2,1-2H3. The van der Waals surface area contributed by atoms with E-state index in [1.54, 1.807) is 0 Å². The molecule has 0 saturated carbocycles. The maximum Gasteiger partial charge on any atom is 0.209 e. The van der Waals surface area contributed by atoms with Gasteiger partial charge in [-0.2, -0.15) is 0 Å². The molecule has 2 heteroatoms. The van der Waals surface area contributed by atoms with Gasteiger partial charge >= 0.3 is 0 Å². The normalized spacial score (nSPS) is 14.5. The third kappa shape index (κ3) is 2.75. The van der Waals surface area contributed by atoms with E-state index in [-0.39, 0.29) is 11.7 Å². The lowest BCUT2D eigenvalue weighted by Crippen LogP contribution is -2.08. The molecule has 4 aromatic rings. The first-order chi connectivity index (χ1) is 14.2. The second-order valence-corrected chi connectivity index (χ2v) is 7.69. The SMILES string of the molecule is CCc1ccc(C(=O)c2cc(-c3ccccc3)c3n2-c2ccccc2C3C)cc1. The van der Waals surface area contributed by atoms with E-state index >= 15 is 0 Å². The van der Waals surface area contributed by atoms with E-state index in [0.29, 0.717) is 0 Å². The predicted molar refractivity (Wildman–Crippen MR) is 118 cm³/mol. The second kappa shape index (κ2) is 6.89. The number of fused-ring (bicyclic) bond motifs is 3. The molecule has 0 saturated heterocycles. The number of aromatic nitrogens is 1. The number of carbonyl (C=O) groups excluding carboxylic acids is 1. The van der Waals surface area contributed by atoms with Crippen molar-refractivity contribution in [1.29, 1.82) is 0 Å². The summed E-state index contributed by atoms with van der Waals surface area (Å²) in [6, 6.07) is 28.9. The molecular weight excluding hydrogens is 354 g/mol. The average Bonchev–Trinajstić information content (AvgIpc) is 3.31. The predicted octanol–water partition coefficient (Wildman–Crippen LogP) is 6.40. The van der Waals surface area contributed by atoms with Gasteiger partial charge in [0.05, 0.1) is 5.69 Å². The molecule has 3 aromatic carbocycles. The van der Waals surface area contributed by atoms with Gasteiger partial charge in [0.15, 0.2) is 0 Å². The van der Waals surface area contributed by atoms with E-state index in [1.165, 1.54) is 16.8 Å². The fraction of sp³-hybridized carbons (Fsp3) is 0.148. The van der Waals surface area contributed by atoms with Crippen LogP contribution in [-0.2, 0) is 6.42 Å². The van der Waals surface area contributed by atoms with Crippen LogP contribution in [0.5, 0.6) is 0 Å². The summed E-state index contributed by atoms with van der Waals surface area (Å²) in [5, 5.41) is 0. The number of nitrogens with zero attached hydrogens (tertiary/aromatic N) is 1. The number of hydrogen-bond acceptors (Lipinski definition) is 1. The van der Waals surface area contributed by atoms with E-state index in [2.05, 4.69) is 79.1 Å². The van der Waals surface area contributed by atoms with E-state index in [9.17, 15) is 4.79 Å². The molecule has 0 radical (unpaired) electrons. The van der Waals surface area contributed by atoms with Gasteiger partial charge in [-0.3, -0.25) is 4.79 Å². The third-order valence-corrected chi connectivity index (χ3v) is 6.03. The van der Waals surface area contributed by atoms with Crippen molar-refractivity contribution < 1.29 is 4.79 Å². The number of rotatable bonds is 4. The Morgan fingerprint density at radius 1 is 0.897 bits per heavy atom. The molecule has 1 aliphatic rings. The topological polar surface area (TPSA) is 22.0 Å². The summed E-state index contributed by atoms with van der Waals surface area (Å²) < 4.78 is 2.18. The molecule has 0 spiro atoms. The van der Waals surface area contributed by atoms with Crippen LogP contribution in [0, 0.1) is 0 Å². The summed E-state index contributed by atoms with van der Waals surface area (Å²) in [7, 11) is 0. The fourth-order valence-electron chi connectivity index (χ4n) is 4.47. The zero-order valence-electron chi connectivity index (χ0n) is 16.7. The zero-order chi connectivity index (χ0) is 20.0. The molecular formula is C27H23NO. The van der Waals surface area contributed by atoms with Gasteiger partial charge in [0.2, 0.25) is 5.78 Å². The van der Waals surface area contributed by atoms with Crippen LogP contribution in [0.15, 0.2) is 84.9 Å². The molecule has 0 aliphatic carbocycles. The summed E-state index contributed by atoms with van der Waals surface area (Å²) in [5.74, 6) is 0.311. The molecule has 5 rings (SSSR count). The van der Waals surface area contributed by atoms with Crippen molar-refractivity contribution in [3.63, 3.8) is 0 Å². The Morgan fingerprint density at radius 2 is 1.59 bits per heavy atom. The molecule has 1 aromatic heterocycles. The van der Waals surface area contributed by atoms with Gasteiger partial charge < -0.3 is 4.57 Å². The Bertz CT molecular complexity index is 1200. The van der Waals surface area contributed by atoms with Crippen molar-refractivity contribution in [2.24, 2.45) is 0 Å². The summed E-state index contributed by atoms with van der Waals surface area (Å²) in [6.45, 7) is 4.36. The Kier molecular flexibility index (Phi) is 4.21. The van der Waals surface area contributed by atoms with E-state index in [4.69, 9.17) is 0 Å². The van der Waals surface area contributed by atoms with Crippen LogP contribution in [0.1, 0.15) is 52.6 Å². The van der Waals surface area contributed by atoms with Crippen LogP contribution in [-0.4, -0.2) is 10.4 Å². The van der Waals surface area contributed by atoms with Gasteiger partial charge in [0.25, 0.3) is 0 Å². The first kappa shape index (κ1) is 17.7. The molecule has 0 N–H and O–H groups in total. The Hall–Kier alpha value is -3.39. The van der Waals surface area contributed by atoms with Crippen LogP contribution in [0.2, 0.25) is 0 Å². The van der Waals surface area contributed by atoms with Crippen molar-refractivity contribution >= 4 is 5.78 Å². The number of ketones is 1. The summed E-state index contributed by atoms with van der Waals surface area (Å²) >= 11 is 0. The van der Waals surface area contributed by atoms with Crippen LogP contribution < -0.4 is 0 Å². The highest BCUT2D eigenvalue weighted by Crippen LogP contribution is 2.45. The second-order valence-electron chi connectivity index (χ2n) is 7.69. The number of para-hydroxylation sites is 1.